The molecule has 25 heavy (non-hydrogen) atoms. The molecule has 134 valence electrons. The van der Waals surface area contributed by atoms with Gasteiger partial charge in [-0.2, -0.15) is 0 Å². The molecule has 4 heteroatoms. The maximum atomic E-state index is 12.9. The van der Waals surface area contributed by atoms with Crippen molar-refractivity contribution in [3.8, 4) is 0 Å². The molecule has 2 rings (SSSR count). The van der Waals surface area contributed by atoms with Crippen LogP contribution >= 0.6 is 11.6 Å². The molecule has 0 saturated carbocycles. The smallest absolute Gasteiger partial charge is 0.336 e. The Kier molecular flexibility index (Phi) is 6.26. The number of carbonyl (C=O) groups is 1. The summed E-state index contributed by atoms with van der Waals surface area (Å²) in [7, 11) is 2.01. The quantitative estimate of drug-likeness (QED) is 0.564. The van der Waals surface area contributed by atoms with Gasteiger partial charge in [-0.05, 0) is 38.9 Å². The predicted molar refractivity (Wildman–Crippen MR) is 103 cm³/mol. The van der Waals surface area contributed by atoms with Gasteiger partial charge in [0.05, 0.1) is 0 Å². The van der Waals surface area contributed by atoms with Crippen LogP contribution in [0.15, 0.2) is 60.7 Å². The highest BCUT2D eigenvalue weighted by Crippen LogP contribution is 2.37. The molecular weight excluding hydrogens is 334 g/mol. The fourth-order valence-electron chi connectivity index (χ4n) is 2.45. The topological polar surface area (TPSA) is 29.5 Å². The number of likely N-dealkylation sites (N-methyl/N-ethyl adjacent to an activating group) is 1. The molecule has 0 heterocycles. The van der Waals surface area contributed by atoms with Crippen LogP contribution in [0.5, 0.6) is 0 Å². The van der Waals surface area contributed by atoms with Crippen molar-refractivity contribution in [2.24, 2.45) is 0 Å². The highest BCUT2D eigenvalue weighted by molar-refractivity contribution is 6.36. The molecule has 2 aromatic carbocycles. The van der Waals surface area contributed by atoms with Gasteiger partial charge < -0.3 is 4.74 Å². The van der Waals surface area contributed by atoms with E-state index in [-0.39, 0.29) is 5.54 Å². The van der Waals surface area contributed by atoms with Gasteiger partial charge in [-0.25, -0.2) is 4.79 Å². The first-order valence-electron chi connectivity index (χ1n) is 8.44. The van der Waals surface area contributed by atoms with Gasteiger partial charge in [0.1, 0.15) is 6.61 Å². The lowest BCUT2D eigenvalue weighted by Crippen LogP contribution is -2.41. The zero-order valence-electron chi connectivity index (χ0n) is 15.3. The van der Waals surface area contributed by atoms with E-state index in [0.717, 1.165) is 0 Å². The number of ether oxygens (including phenoxy) is 1. The summed E-state index contributed by atoms with van der Waals surface area (Å²) in [5.74, 6) is -0.450. The molecule has 0 unspecified atom stereocenters. The molecule has 0 aliphatic heterocycles. The number of carbonyl (C=O) groups excluding carboxylic acids is 1. The van der Waals surface area contributed by atoms with Crippen LogP contribution in [0.3, 0.4) is 0 Å². The van der Waals surface area contributed by atoms with Crippen LogP contribution < -0.4 is 0 Å². The van der Waals surface area contributed by atoms with Crippen LogP contribution in [-0.2, 0) is 14.4 Å². The molecule has 0 bridgehead atoms. The maximum absolute atomic E-state index is 12.9. The molecule has 0 N–H and O–H groups in total. The third-order valence-corrected chi connectivity index (χ3v) is 5.02. The largest absolute Gasteiger partial charge is 0.463 e. The summed E-state index contributed by atoms with van der Waals surface area (Å²) in [6, 6.07) is 18.7. The Morgan fingerprint density at radius 2 is 1.40 bits per heavy atom. The monoisotopic (exact) mass is 359 g/mol. The first-order chi connectivity index (χ1) is 11.8. The summed E-state index contributed by atoms with van der Waals surface area (Å²) in [6.45, 7) is 7.30. The van der Waals surface area contributed by atoms with Crippen molar-refractivity contribution in [1.29, 1.82) is 0 Å². The fourth-order valence-corrected chi connectivity index (χ4v) is 2.75. The highest BCUT2D eigenvalue weighted by atomic mass is 35.5. The van der Waals surface area contributed by atoms with Gasteiger partial charge >= 0.3 is 5.97 Å². The van der Waals surface area contributed by atoms with E-state index < -0.39 is 10.8 Å². The fraction of sp³-hybridized carbons (Fsp3) is 0.381. The molecule has 0 aliphatic carbocycles. The van der Waals surface area contributed by atoms with E-state index in [0.29, 0.717) is 24.3 Å². The molecule has 0 radical (unpaired) electrons. The SMILES string of the molecule is CN(CCOC(=O)C(Cl)(c1ccccc1)c1ccccc1)C(C)(C)C. The first-order valence-corrected chi connectivity index (χ1v) is 8.82. The van der Waals surface area contributed by atoms with Gasteiger partial charge in [-0.1, -0.05) is 72.3 Å². The van der Waals surface area contributed by atoms with Gasteiger partial charge in [-0.3, -0.25) is 4.90 Å². The summed E-state index contributed by atoms with van der Waals surface area (Å²) in [4.78, 5) is 13.7. The molecule has 0 atom stereocenters. The van der Waals surface area contributed by atoms with Crippen molar-refractivity contribution in [3.63, 3.8) is 0 Å². The number of hydrogen-bond acceptors (Lipinski definition) is 3. The number of nitrogens with zero attached hydrogens (tertiary/aromatic N) is 1. The maximum Gasteiger partial charge on any atom is 0.336 e. The average Bonchev–Trinajstić information content (AvgIpc) is 2.61. The van der Waals surface area contributed by atoms with Gasteiger partial charge in [0.15, 0.2) is 4.87 Å². The second-order valence-electron chi connectivity index (χ2n) is 7.12. The van der Waals surface area contributed by atoms with E-state index >= 15 is 0 Å². The number of halogens is 1. The summed E-state index contributed by atoms with van der Waals surface area (Å²) < 4.78 is 5.57. The predicted octanol–water partition coefficient (Wildman–Crippen LogP) is 4.44. The Bertz CT molecular complexity index is 641. The first kappa shape index (κ1) is 19.5. The number of rotatable bonds is 6. The Labute approximate surface area is 155 Å². The summed E-state index contributed by atoms with van der Waals surface area (Å²) in [5.41, 5.74) is 1.43. The molecule has 3 nitrogen and oxygen atoms in total. The molecule has 0 saturated heterocycles. The Hall–Kier alpha value is -1.84. The van der Waals surface area contributed by atoms with Crippen molar-refractivity contribution in [1.82, 2.24) is 4.90 Å². The molecule has 2 aromatic rings. The van der Waals surface area contributed by atoms with Gasteiger partial charge in [0.2, 0.25) is 0 Å². The number of alkyl halides is 1. The lowest BCUT2D eigenvalue weighted by atomic mass is 9.90. The number of esters is 1. The zero-order chi connectivity index (χ0) is 18.5. The van der Waals surface area contributed by atoms with E-state index in [1.165, 1.54) is 0 Å². The normalized spacial score (nSPS) is 12.2. The Balaban J connectivity index is 2.21. The van der Waals surface area contributed by atoms with E-state index in [4.69, 9.17) is 16.3 Å². The van der Waals surface area contributed by atoms with Crippen LogP contribution in [0.2, 0.25) is 0 Å². The third-order valence-electron chi connectivity index (χ3n) is 4.43. The molecular formula is C21H26ClNO2. The number of hydrogen-bond donors (Lipinski definition) is 0. The van der Waals surface area contributed by atoms with Crippen LogP contribution in [0.25, 0.3) is 0 Å². The molecule has 0 spiro atoms. The second kappa shape index (κ2) is 8.03. The minimum Gasteiger partial charge on any atom is -0.463 e. The van der Waals surface area contributed by atoms with E-state index in [1.54, 1.807) is 0 Å². The van der Waals surface area contributed by atoms with Gasteiger partial charge in [0, 0.05) is 12.1 Å². The average molecular weight is 360 g/mol. The molecule has 0 fully saturated rings. The molecule has 0 aromatic heterocycles. The van der Waals surface area contributed by atoms with Gasteiger partial charge in [-0.15, -0.1) is 0 Å². The van der Waals surface area contributed by atoms with Crippen molar-refractivity contribution >= 4 is 17.6 Å². The van der Waals surface area contributed by atoms with Crippen LogP contribution in [0.4, 0.5) is 0 Å². The van der Waals surface area contributed by atoms with E-state index in [1.807, 2.05) is 67.7 Å². The van der Waals surface area contributed by atoms with E-state index in [9.17, 15) is 4.79 Å². The lowest BCUT2D eigenvalue weighted by Gasteiger charge is -2.32. The summed E-state index contributed by atoms with van der Waals surface area (Å²) >= 11 is 6.86. The second-order valence-corrected chi connectivity index (χ2v) is 7.69. The van der Waals surface area contributed by atoms with Crippen LogP contribution in [-0.4, -0.2) is 36.6 Å². The van der Waals surface area contributed by atoms with Crippen molar-refractivity contribution in [2.75, 3.05) is 20.2 Å². The van der Waals surface area contributed by atoms with Crippen LogP contribution in [0.1, 0.15) is 31.9 Å². The van der Waals surface area contributed by atoms with Crippen molar-refractivity contribution in [3.05, 3.63) is 71.8 Å². The highest BCUT2D eigenvalue weighted by Gasteiger charge is 2.41. The van der Waals surface area contributed by atoms with Gasteiger partial charge in [0.25, 0.3) is 0 Å². The standard InChI is InChI=1S/C21H26ClNO2/c1-20(2,3)23(4)15-16-25-19(24)21(22,17-11-7-5-8-12-17)18-13-9-6-10-14-18/h5-14H,15-16H2,1-4H3. The minimum absolute atomic E-state index is 0.0172. The number of benzene rings is 2. The Morgan fingerprint density at radius 3 is 1.80 bits per heavy atom. The van der Waals surface area contributed by atoms with Crippen LogP contribution in [0, 0.1) is 0 Å². The summed E-state index contributed by atoms with van der Waals surface area (Å²) in [5, 5.41) is 0. The Morgan fingerprint density at radius 1 is 0.960 bits per heavy atom. The third kappa shape index (κ3) is 4.62. The minimum atomic E-state index is -1.34. The molecule has 0 amide bonds. The lowest BCUT2D eigenvalue weighted by molar-refractivity contribution is -0.146. The molecule has 0 aliphatic rings. The summed E-state index contributed by atoms with van der Waals surface area (Å²) in [6.07, 6.45) is 0. The van der Waals surface area contributed by atoms with Crippen molar-refractivity contribution in [2.45, 2.75) is 31.2 Å². The zero-order valence-corrected chi connectivity index (χ0v) is 16.1. The van der Waals surface area contributed by atoms with Crippen molar-refractivity contribution < 1.29 is 9.53 Å². The van der Waals surface area contributed by atoms with E-state index in [2.05, 4.69) is 25.7 Å².